The number of hydrazone groups is 1. The number of nitrogens with one attached hydrogen (secondary N) is 2. The summed E-state index contributed by atoms with van der Waals surface area (Å²) in [5.41, 5.74) is 9.91. The van der Waals surface area contributed by atoms with Gasteiger partial charge in [-0.25, -0.2) is 10.2 Å². The lowest BCUT2D eigenvalue weighted by Crippen LogP contribution is -2.21. The molecular formula is C15H13N5O2. The molecule has 0 fully saturated rings. The Bertz CT molecular complexity index is 883. The maximum atomic E-state index is 12.0. The third-order valence-corrected chi connectivity index (χ3v) is 3.33. The molecule has 2 aromatic rings. The number of primary amides is 1. The molecule has 0 atom stereocenters. The summed E-state index contributed by atoms with van der Waals surface area (Å²) >= 11 is 0. The number of hydrogen-bond acceptors (Lipinski definition) is 4. The van der Waals surface area contributed by atoms with E-state index in [-0.39, 0.29) is 5.91 Å². The van der Waals surface area contributed by atoms with Crippen molar-refractivity contribution in [2.75, 3.05) is 13.6 Å². The fourth-order valence-electron chi connectivity index (χ4n) is 2.47. The summed E-state index contributed by atoms with van der Waals surface area (Å²) in [7, 11) is 1.77. The van der Waals surface area contributed by atoms with Crippen LogP contribution in [0.15, 0.2) is 23.3 Å². The Balaban J connectivity index is 2.42. The van der Waals surface area contributed by atoms with E-state index in [1.165, 1.54) is 10.8 Å². The average molecular weight is 295 g/mol. The summed E-state index contributed by atoms with van der Waals surface area (Å²) in [5, 5.41) is 7.40. The van der Waals surface area contributed by atoms with Crippen LogP contribution in [-0.4, -0.2) is 36.3 Å². The first kappa shape index (κ1) is 13.9. The van der Waals surface area contributed by atoms with E-state index in [4.69, 9.17) is 5.73 Å². The van der Waals surface area contributed by atoms with Crippen LogP contribution in [0.25, 0.3) is 10.9 Å². The first-order valence-electron chi connectivity index (χ1n) is 6.59. The van der Waals surface area contributed by atoms with E-state index in [0.717, 1.165) is 0 Å². The predicted molar refractivity (Wildman–Crippen MR) is 82.8 cm³/mol. The lowest BCUT2D eigenvalue weighted by atomic mass is 10.1. The largest absolute Gasteiger partial charge is 0.351 e. The van der Waals surface area contributed by atoms with Crippen molar-refractivity contribution in [3.63, 3.8) is 0 Å². The van der Waals surface area contributed by atoms with Crippen molar-refractivity contribution >= 4 is 29.1 Å². The molecule has 1 aliphatic heterocycles. The zero-order valence-corrected chi connectivity index (χ0v) is 11.8. The van der Waals surface area contributed by atoms with E-state index in [0.29, 0.717) is 34.3 Å². The molecule has 110 valence electrons. The van der Waals surface area contributed by atoms with Gasteiger partial charge < -0.3 is 11.1 Å². The van der Waals surface area contributed by atoms with Crippen molar-refractivity contribution in [1.82, 2.24) is 15.3 Å². The Morgan fingerprint density at radius 3 is 3.05 bits per heavy atom. The van der Waals surface area contributed by atoms with Gasteiger partial charge in [0.05, 0.1) is 23.8 Å². The molecule has 0 radical (unpaired) electrons. The molecule has 1 aromatic carbocycles. The number of rotatable bonds is 1. The smallest absolute Gasteiger partial charge is 0.324 e. The van der Waals surface area contributed by atoms with Crippen LogP contribution in [0, 0.1) is 11.8 Å². The van der Waals surface area contributed by atoms with E-state index < -0.39 is 6.03 Å². The maximum absolute atomic E-state index is 12.0. The molecule has 1 aromatic heterocycles. The molecule has 4 N–H and O–H groups in total. The van der Waals surface area contributed by atoms with Crippen LogP contribution in [-0.2, 0) is 0 Å². The van der Waals surface area contributed by atoms with Crippen LogP contribution in [0.2, 0.25) is 0 Å². The van der Waals surface area contributed by atoms with Crippen molar-refractivity contribution < 1.29 is 9.59 Å². The summed E-state index contributed by atoms with van der Waals surface area (Å²) in [6.07, 6.45) is 1.49. The second-order valence-electron chi connectivity index (χ2n) is 4.67. The van der Waals surface area contributed by atoms with Crippen molar-refractivity contribution in [3.8, 4) is 11.8 Å². The molecular weight excluding hydrogens is 282 g/mol. The second-order valence-corrected chi connectivity index (χ2v) is 4.67. The highest BCUT2D eigenvalue weighted by Gasteiger charge is 2.24. The third-order valence-electron chi connectivity index (χ3n) is 3.33. The summed E-state index contributed by atoms with van der Waals surface area (Å²) in [6.45, 7) is 0.459. The van der Waals surface area contributed by atoms with Gasteiger partial charge in [0.25, 0.3) is 5.91 Å². The van der Waals surface area contributed by atoms with Crippen LogP contribution < -0.4 is 16.5 Å². The average Bonchev–Trinajstić information content (AvgIpc) is 2.70. The molecule has 0 unspecified atom stereocenters. The molecule has 0 aliphatic carbocycles. The van der Waals surface area contributed by atoms with Gasteiger partial charge in [-0.15, -0.1) is 0 Å². The fraction of sp³-hybridized carbons (Fsp3) is 0.133. The molecule has 2 amide bonds. The number of aromatic nitrogens is 1. The van der Waals surface area contributed by atoms with Gasteiger partial charge in [0, 0.05) is 10.9 Å². The minimum Gasteiger partial charge on any atom is -0.351 e. The Labute approximate surface area is 126 Å². The van der Waals surface area contributed by atoms with Crippen molar-refractivity contribution in [1.29, 1.82) is 0 Å². The Kier molecular flexibility index (Phi) is 3.37. The van der Waals surface area contributed by atoms with Crippen molar-refractivity contribution in [2.24, 2.45) is 10.8 Å². The summed E-state index contributed by atoms with van der Waals surface area (Å²) in [4.78, 5) is 23.9. The molecule has 0 bridgehead atoms. The predicted octanol–water partition coefficient (Wildman–Crippen LogP) is 0.216. The van der Waals surface area contributed by atoms with E-state index in [1.54, 1.807) is 25.2 Å². The molecule has 0 saturated heterocycles. The summed E-state index contributed by atoms with van der Waals surface area (Å²) in [5.74, 6) is 5.49. The fourth-order valence-corrected chi connectivity index (χ4v) is 2.47. The van der Waals surface area contributed by atoms with Gasteiger partial charge in [0.2, 0.25) is 0 Å². The van der Waals surface area contributed by atoms with E-state index in [2.05, 4.69) is 27.7 Å². The van der Waals surface area contributed by atoms with Gasteiger partial charge in [0.1, 0.15) is 5.69 Å². The lowest BCUT2D eigenvalue weighted by molar-refractivity contribution is 0.0957. The van der Waals surface area contributed by atoms with Crippen LogP contribution in [0.3, 0.4) is 0 Å². The van der Waals surface area contributed by atoms with Gasteiger partial charge in [0.15, 0.2) is 0 Å². The van der Waals surface area contributed by atoms with Gasteiger partial charge >= 0.3 is 6.03 Å². The SMILES string of the molecule is CNCC#Cc1c2c3c(cccc3n1C(N)=O)C(=O)NN=C2. The van der Waals surface area contributed by atoms with Gasteiger partial charge in [-0.3, -0.25) is 9.36 Å². The molecule has 0 spiro atoms. The first-order chi connectivity index (χ1) is 10.6. The van der Waals surface area contributed by atoms with Crippen molar-refractivity contribution in [2.45, 2.75) is 0 Å². The number of amides is 2. The minimum atomic E-state index is -0.656. The number of nitrogens with zero attached hydrogens (tertiary/aromatic N) is 2. The molecule has 0 saturated carbocycles. The first-order valence-corrected chi connectivity index (χ1v) is 6.59. The molecule has 3 rings (SSSR count). The van der Waals surface area contributed by atoms with Crippen LogP contribution in [0.1, 0.15) is 21.6 Å². The third kappa shape index (κ3) is 2.03. The van der Waals surface area contributed by atoms with Gasteiger partial charge in [-0.2, -0.15) is 5.10 Å². The van der Waals surface area contributed by atoms with E-state index >= 15 is 0 Å². The van der Waals surface area contributed by atoms with E-state index in [1.807, 2.05) is 0 Å². The van der Waals surface area contributed by atoms with Crippen LogP contribution in [0.4, 0.5) is 4.79 Å². The lowest BCUT2D eigenvalue weighted by Gasteiger charge is -2.03. The Morgan fingerprint density at radius 2 is 2.32 bits per heavy atom. The zero-order chi connectivity index (χ0) is 15.7. The Hall–Kier alpha value is -3.11. The molecule has 2 heterocycles. The number of carbonyl (C=O) groups excluding carboxylic acids is 2. The second kappa shape index (κ2) is 5.35. The van der Waals surface area contributed by atoms with E-state index in [9.17, 15) is 9.59 Å². The number of benzene rings is 1. The number of carbonyl (C=O) groups is 2. The zero-order valence-electron chi connectivity index (χ0n) is 11.8. The normalized spacial score (nSPS) is 12.5. The minimum absolute atomic E-state index is 0.336. The Morgan fingerprint density at radius 1 is 1.50 bits per heavy atom. The molecule has 1 aliphatic rings. The summed E-state index contributed by atoms with van der Waals surface area (Å²) < 4.78 is 1.31. The number of hydrogen-bond donors (Lipinski definition) is 3. The van der Waals surface area contributed by atoms with Gasteiger partial charge in [-0.1, -0.05) is 12.0 Å². The number of nitrogens with two attached hydrogens (primary N) is 1. The quantitative estimate of drug-likeness (QED) is 0.656. The topological polar surface area (TPSA) is 102 Å². The van der Waals surface area contributed by atoms with Crippen molar-refractivity contribution in [3.05, 3.63) is 35.0 Å². The highest BCUT2D eigenvalue weighted by atomic mass is 16.2. The van der Waals surface area contributed by atoms with Crippen LogP contribution >= 0.6 is 0 Å². The van der Waals surface area contributed by atoms with Crippen LogP contribution in [0.5, 0.6) is 0 Å². The summed E-state index contributed by atoms with van der Waals surface area (Å²) in [6, 6.07) is 4.43. The monoisotopic (exact) mass is 295 g/mol. The molecule has 22 heavy (non-hydrogen) atoms. The highest BCUT2D eigenvalue weighted by molar-refractivity contribution is 6.17. The highest BCUT2D eigenvalue weighted by Crippen LogP contribution is 2.28. The standard InChI is InChI=1S/C15H13N5O2/c1-17-7-3-6-11-10-8-18-19-14(21)9-4-2-5-12(13(9)10)20(11)15(16)22/h2,4-5,8,17H,7H2,1H3,(H2,16,22)(H,19,21). The molecule has 7 nitrogen and oxygen atoms in total. The van der Waals surface area contributed by atoms with Gasteiger partial charge in [-0.05, 0) is 25.1 Å². The maximum Gasteiger partial charge on any atom is 0.324 e. The molecule has 7 heteroatoms.